The van der Waals surface area contributed by atoms with E-state index in [4.69, 9.17) is 4.74 Å². The van der Waals surface area contributed by atoms with Crippen molar-refractivity contribution in [1.82, 2.24) is 19.7 Å². The number of aryl methyl sites for hydroxylation is 1. The molecule has 10 nitrogen and oxygen atoms in total. The van der Waals surface area contributed by atoms with E-state index in [1.54, 1.807) is 30.7 Å². The van der Waals surface area contributed by atoms with Crippen LogP contribution in [0.2, 0.25) is 0 Å². The summed E-state index contributed by atoms with van der Waals surface area (Å²) in [5.41, 5.74) is 3.78. The molecule has 4 rings (SSSR count). The monoisotopic (exact) mass is 481 g/mol. The van der Waals surface area contributed by atoms with Crippen molar-refractivity contribution < 1.29 is 9.66 Å². The van der Waals surface area contributed by atoms with E-state index >= 15 is 0 Å². The summed E-state index contributed by atoms with van der Waals surface area (Å²) in [5.74, 6) is 1.03. The van der Waals surface area contributed by atoms with Gasteiger partial charge in [0.25, 0.3) is 5.69 Å². The zero-order valence-electron chi connectivity index (χ0n) is 19.8. The van der Waals surface area contributed by atoms with Gasteiger partial charge in [-0.25, -0.2) is 4.98 Å². The van der Waals surface area contributed by atoms with E-state index in [0.29, 0.717) is 29.5 Å². The minimum absolute atomic E-state index is 0.00858. The first-order chi connectivity index (χ1) is 16.3. The molecule has 0 saturated heterocycles. The van der Waals surface area contributed by atoms with Crippen LogP contribution < -0.4 is 15.0 Å². The summed E-state index contributed by atoms with van der Waals surface area (Å²) in [7, 11) is 9.22. The molecule has 34 heavy (non-hydrogen) atoms. The number of nitro benzene ring substituents is 1. The van der Waals surface area contributed by atoms with Crippen LogP contribution in [0.25, 0.3) is 21.5 Å². The van der Waals surface area contributed by atoms with E-state index < -0.39 is 0 Å². The lowest BCUT2D eigenvalue weighted by Crippen LogP contribution is -2.28. The fourth-order valence-electron chi connectivity index (χ4n) is 3.70. The van der Waals surface area contributed by atoms with Gasteiger partial charge in [0.15, 0.2) is 0 Å². The van der Waals surface area contributed by atoms with Crippen LogP contribution in [0, 0.1) is 10.1 Å². The molecule has 0 bridgehead atoms. The number of ether oxygens (including phenoxy) is 1. The third-order valence-corrected chi connectivity index (χ3v) is 6.45. The molecule has 0 spiro atoms. The van der Waals surface area contributed by atoms with Crippen LogP contribution in [-0.4, -0.2) is 65.9 Å². The maximum atomic E-state index is 11.9. The summed E-state index contributed by atoms with van der Waals surface area (Å²) in [4.78, 5) is 19.8. The van der Waals surface area contributed by atoms with Gasteiger partial charge in [0, 0.05) is 51.1 Å². The topological polar surface area (TPSA) is 102 Å². The average Bonchev–Trinajstić information content (AvgIpc) is 3.41. The number of nitrogens with one attached hydrogen (secondary N) is 1. The molecule has 0 fully saturated rings. The van der Waals surface area contributed by atoms with Gasteiger partial charge >= 0.3 is 0 Å². The number of thiophene rings is 1. The summed E-state index contributed by atoms with van der Waals surface area (Å²) in [5, 5.41) is 21.8. The van der Waals surface area contributed by atoms with Crippen molar-refractivity contribution in [3.8, 4) is 17.0 Å². The molecule has 1 N–H and O–H groups in total. The van der Waals surface area contributed by atoms with E-state index in [1.807, 2.05) is 66.3 Å². The summed E-state index contributed by atoms with van der Waals surface area (Å²) in [6.07, 6.45) is 1.69. The van der Waals surface area contributed by atoms with Gasteiger partial charge in [-0.2, -0.15) is 5.10 Å². The highest BCUT2D eigenvalue weighted by atomic mass is 32.1. The van der Waals surface area contributed by atoms with Gasteiger partial charge in [-0.15, -0.1) is 11.3 Å². The lowest BCUT2D eigenvalue weighted by molar-refractivity contribution is -0.384. The van der Waals surface area contributed by atoms with Gasteiger partial charge in [-0.05, 0) is 37.7 Å². The second-order valence-electron chi connectivity index (χ2n) is 8.19. The minimum atomic E-state index is -0.378. The van der Waals surface area contributed by atoms with Gasteiger partial charge in [-0.1, -0.05) is 0 Å². The Bertz CT molecular complexity index is 1330. The quantitative estimate of drug-likeness (QED) is 0.278. The largest absolute Gasteiger partial charge is 0.494 e. The van der Waals surface area contributed by atoms with E-state index in [0.717, 1.165) is 28.0 Å². The Hall–Kier alpha value is -3.70. The normalized spacial score (nSPS) is 11.2. The van der Waals surface area contributed by atoms with Crippen molar-refractivity contribution in [2.24, 2.45) is 7.05 Å². The first-order valence-electron chi connectivity index (χ1n) is 10.6. The van der Waals surface area contributed by atoms with Crippen molar-refractivity contribution in [2.45, 2.75) is 0 Å². The lowest BCUT2D eigenvalue weighted by Gasteiger charge is -2.23. The molecule has 11 heteroatoms. The van der Waals surface area contributed by atoms with Gasteiger partial charge in [0.1, 0.15) is 22.9 Å². The standard InChI is InChI=1S/C23H27N7O3S/c1-27(2)9-10-28(3)18-14-20(33-5)16(13-19(18)30(31)32)25-21-12-15(6-8-24-21)22-23-17(7-11-34-23)29(4)26-22/h6-8,11-14H,9-10H2,1-5H3,(H,24,25). The molecule has 0 atom stereocenters. The zero-order chi connectivity index (χ0) is 24.4. The SMILES string of the molecule is COc1cc(N(C)CCN(C)C)c([N+](=O)[O-])cc1Nc1cc(-c2nn(C)c3ccsc23)ccn1. The third-order valence-electron chi connectivity index (χ3n) is 5.54. The van der Waals surface area contributed by atoms with Gasteiger partial charge in [-0.3, -0.25) is 14.8 Å². The van der Waals surface area contributed by atoms with Crippen LogP contribution in [0.3, 0.4) is 0 Å². The molecular weight excluding hydrogens is 454 g/mol. The van der Waals surface area contributed by atoms with E-state index in [9.17, 15) is 10.1 Å². The minimum Gasteiger partial charge on any atom is -0.494 e. The maximum Gasteiger partial charge on any atom is 0.294 e. The fourth-order valence-corrected chi connectivity index (χ4v) is 4.63. The number of hydrogen-bond acceptors (Lipinski definition) is 9. The number of rotatable bonds is 9. The number of likely N-dealkylation sites (N-methyl/N-ethyl adjacent to an activating group) is 2. The number of nitrogens with zero attached hydrogens (tertiary/aromatic N) is 6. The molecule has 178 valence electrons. The molecule has 3 aromatic heterocycles. The average molecular weight is 482 g/mol. The second kappa shape index (κ2) is 9.65. The number of anilines is 3. The summed E-state index contributed by atoms with van der Waals surface area (Å²) >= 11 is 1.63. The van der Waals surface area contributed by atoms with E-state index in [1.165, 1.54) is 6.07 Å². The number of aromatic nitrogens is 3. The maximum absolute atomic E-state index is 11.9. The Labute approximate surface area is 201 Å². The molecular formula is C23H27N7O3S. The van der Waals surface area contributed by atoms with Crippen LogP contribution in [-0.2, 0) is 7.05 Å². The molecule has 0 radical (unpaired) electrons. The molecule has 0 aliphatic heterocycles. The fraction of sp³-hybridized carbons (Fsp3) is 0.304. The predicted molar refractivity (Wildman–Crippen MR) is 137 cm³/mol. The van der Waals surface area contributed by atoms with Crippen LogP contribution >= 0.6 is 11.3 Å². The third kappa shape index (κ3) is 4.66. The number of benzene rings is 1. The molecule has 4 aromatic rings. The molecule has 0 saturated carbocycles. The molecule has 0 amide bonds. The number of nitro groups is 1. The molecule has 3 heterocycles. The molecule has 0 unspecified atom stereocenters. The Morgan fingerprint density at radius 2 is 2.00 bits per heavy atom. The summed E-state index contributed by atoms with van der Waals surface area (Å²) in [6, 6.07) is 9.00. The summed E-state index contributed by atoms with van der Waals surface area (Å²) < 4.78 is 8.52. The highest BCUT2D eigenvalue weighted by Crippen LogP contribution is 2.39. The van der Waals surface area contributed by atoms with Gasteiger partial charge in [0.05, 0.1) is 27.9 Å². The summed E-state index contributed by atoms with van der Waals surface area (Å²) in [6.45, 7) is 1.40. The number of pyridine rings is 1. The Morgan fingerprint density at radius 3 is 2.71 bits per heavy atom. The van der Waals surface area contributed by atoms with Crippen molar-refractivity contribution in [3.63, 3.8) is 0 Å². The van der Waals surface area contributed by atoms with E-state index in [-0.39, 0.29) is 10.6 Å². The highest BCUT2D eigenvalue weighted by Gasteiger charge is 2.22. The predicted octanol–water partition coefficient (Wildman–Crippen LogP) is 4.36. The van der Waals surface area contributed by atoms with Crippen LogP contribution in [0.5, 0.6) is 5.75 Å². The highest BCUT2D eigenvalue weighted by molar-refractivity contribution is 7.17. The number of fused-ring (bicyclic) bond motifs is 1. The Balaban J connectivity index is 1.68. The van der Waals surface area contributed by atoms with Crippen molar-refractivity contribution in [1.29, 1.82) is 0 Å². The molecule has 0 aliphatic rings. The number of hydrogen-bond donors (Lipinski definition) is 1. The van der Waals surface area contributed by atoms with Crippen LogP contribution in [0.4, 0.5) is 22.9 Å². The molecule has 1 aromatic carbocycles. The van der Waals surface area contributed by atoms with Crippen molar-refractivity contribution in [3.05, 3.63) is 52.0 Å². The molecule has 0 aliphatic carbocycles. The lowest BCUT2D eigenvalue weighted by atomic mass is 10.1. The van der Waals surface area contributed by atoms with Crippen LogP contribution in [0.1, 0.15) is 0 Å². The van der Waals surface area contributed by atoms with Gasteiger partial charge < -0.3 is 19.9 Å². The van der Waals surface area contributed by atoms with E-state index in [2.05, 4.69) is 15.4 Å². The van der Waals surface area contributed by atoms with Crippen molar-refractivity contribution in [2.75, 3.05) is 51.6 Å². The first kappa shape index (κ1) is 23.5. The van der Waals surface area contributed by atoms with Crippen LogP contribution in [0.15, 0.2) is 41.9 Å². The number of methoxy groups -OCH3 is 1. The first-order valence-corrected chi connectivity index (χ1v) is 11.5. The Kier molecular flexibility index (Phi) is 6.66. The smallest absolute Gasteiger partial charge is 0.294 e. The van der Waals surface area contributed by atoms with Crippen molar-refractivity contribution >= 4 is 44.4 Å². The second-order valence-corrected chi connectivity index (χ2v) is 9.10. The zero-order valence-corrected chi connectivity index (χ0v) is 20.6. The van der Waals surface area contributed by atoms with Gasteiger partial charge in [0.2, 0.25) is 0 Å². The Morgan fingerprint density at radius 1 is 1.21 bits per heavy atom.